The lowest BCUT2D eigenvalue weighted by Crippen LogP contribution is -2.46. The summed E-state index contributed by atoms with van der Waals surface area (Å²) in [5, 5.41) is 12.0. The Hall–Kier alpha value is -1.37. The van der Waals surface area contributed by atoms with E-state index in [-0.39, 0.29) is 23.9 Å². The molecular weight excluding hydrogens is 275 g/mol. The van der Waals surface area contributed by atoms with Crippen LogP contribution in [0.2, 0.25) is 5.02 Å². The van der Waals surface area contributed by atoms with Crippen molar-refractivity contribution in [1.29, 1.82) is 0 Å². The first-order chi connectivity index (χ1) is 9.00. The second-order valence-electron chi connectivity index (χ2n) is 4.31. The summed E-state index contributed by atoms with van der Waals surface area (Å²) in [6, 6.07) is 3.37. The number of aliphatic hydroxyl groups excluding tert-OH is 1. The number of carbonyl (C=O) groups is 1. The predicted molar refractivity (Wildman–Crippen MR) is 68.8 cm³/mol. The van der Waals surface area contributed by atoms with Crippen molar-refractivity contribution in [2.45, 2.75) is 12.1 Å². The van der Waals surface area contributed by atoms with Crippen LogP contribution in [0.1, 0.15) is 0 Å². The number of carbonyl (C=O) groups excluding carboxylic acids is 1. The minimum absolute atomic E-state index is 0.00208. The van der Waals surface area contributed by atoms with Gasteiger partial charge in [0.25, 0.3) is 0 Å². The Morgan fingerprint density at radius 1 is 1.58 bits per heavy atom. The Morgan fingerprint density at radius 3 is 2.95 bits per heavy atom. The number of likely N-dealkylation sites (N-methyl/N-ethyl adjacent to an activating group) is 1. The SMILES string of the molecule is CN(C(=O)Nc1cccc(Cl)c1F)C1COCC1O. The molecule has 1 fully saturated rings. The zero-order valence-electron chi connectivity index (χ0n) is 10.3. The Labute approximate surface area is 114 Å². The molecule has 1 aliphatic rings. The van der Waals surface area contributed by atoms with Crippen LogP contribution in [0.5, 0.6) is 0 Å². The van der Waals surface area contributed by atoms with Crippen LogP contribution in [-0.2, 0) is 4.74 Å². The fourth-order valence-electron chi connectivity index (χ4n) is 1.86. The number of ether oxygens (including phenoxy) is 1. The molecule has 0 radical (unpaired) electrons. The highest BCUT2D eigenvalue weighted by molar-refractivity contribution is 6.31. The number of halogens is 2. The third-order valence-electron chi connectivity index (χ3n) is 3.03. The first-order valence-corrected chi connectivity index (χ1v) is 6.12. The van der Waals surface area contributed by atoms with Crippen LogP contribution in [-0.4, -0.2) is 48.4 Å². The van der Waals surface area contributed by atoms with E-state index in [4.69, 9.17) is 16.3 Å². The molecular formula is C12H14ClFN2O3. The summed E-state index contributed by atoms with van der Waals surface area (Å²) in [6.07, 6.45) is -0.736. The van der Waals surface area contributed by atoms with E-state index < -0.39 is 24.0 Å². The summed E-state index contributed by atoms with van der Waals surface area (Å²) in [5.41, 5.74) is -0.00208. The van der Waals surface area contributed by atoms with Crippen LogP contribution in [0.3, 0.4) is 0 Å². The second kappa shape index (κ2) is 5.73. The molecule has 0 bridgehead atoms. The van der Waals surface area contributed by atoms with Crippen molar-refractivity contribution in [3.8, 4) is 0 Å². The molecule has 0 saturated carbocycles. The molecule has 7 heteroatoms. The Kier molecular flexibility index (Phi) is 4.24. The standard InChI is InChI=1S/C12H14ClFN2O3/c1-16(9-5-19-6-10(9)17)12(18)15-8-4-2-3-7(13)11(8)14/h2-4,9-10,17H,5-6H2,1H3,(H,15,18). The van der Waals surface area contributed by atoms with Gasteiger partial charge in [0.1, 0.15) is 0 Å². The molecule has 2 unspecified atom stereocenters. The summed E-state index contributed by atoms with van der Waals surface area (Å²) in [5.74, 6) is -0.686. The highest BCUT2D eigenvalue weighted by atomic mass is 35.5. The van der Waals surface area contributed by atoms with E-state index in [1.165, 1.54) is 30.1 Å². The van der Waals surface area contributed by atoms with Crippen LogP contribution < -0.4 is 5.32 Å². The maximum absolute atomic E-state index is 13.6. The minimum atomic E-state index is -0.736. The van der Waals surface area contributed by atoms with Crippen molar-refractivity contribution in [3.63, 3.8) is 0 Å². The largest absolute Gasteiger partial charge is 0.388 e. The third kappa shape index (κ3) is 2.97. The summed E-state index contributed by atoms with van der Waals surface area (Å²) in [4.78, 5) is 13.2. The molecule has 1 aromatic carbocycles. The van der Waals surface area contributed by atoms with Gasteiger partial charge in [0.15, 0.2) is 5.82 Å². The van der Waals surface area contributed by atoms with E-state index in [0.29, 0.717) is 0 Å². The van der Waals surface area contributed by atoms with Gasteiger partial charge in [0.05, 0.1) is 36.1 Å². The van der Waals surface area contributed by atoms with Crippen molar-refractivity contribution >= 4 is 23.3 Å². The van der Waals surface area contributed by atoms with Crippen LogP contribution >= 0.6 is 11.6 Å². The first-order valence-electron chi connectivity index (χ1n) is 5.74. The van der Waals surface area contributed by atoms with Crippen molar-refractivity contribution in [2.75, 3.05) is 25.6 Å². The molecule has 0 aromatic heterocycles. The number of urea groups is 1. The molecule has 2 rings (SSSR count). The molecule has 1 aliphatic heterocycles. The molecule has 0 spiro atoms. The summed E-state index contributed by atoms with van der Waals surface area (Å²) in [7, 11) is 1.51. The van der Waals surface area contributed by atoms with Gasteiger partial charge in [-0.3, -0.25) is 0 Å². The number of hydrogen-bond acceptors (Lipinski definition) is 3. The minimum Gasteiger partial charge on any atom is -0.388 e. The summed E-state index contributed by atoms with van der Waals surface area (Å²) in [6.45, 7) is 0.441. The highest BCUT2D eigenvalue weighted by Gasteiger charge is 2.32. The van der Waals surface area contributed by atoms with Gasteiger partial charge < -0.3 is 20.1 Å². The lowest BCUT2D eigenvalue weighted by atomic mass is 10.2. The number of aliphatic hydroxyl groups is 1. The first kappa shape index (κ1) is 14.0. The lowest BCUT2D eigenvalue weighted by molar-refractivity contribution is 0.106. The van der Waals surface area contributed by atoms with Crippen molar-refractivity contribution in [3.05, 3.63) is 29.0 Å². The summed E-state index contributed by atoms with van der Waals surface area (Å²) >= 11 is 5.63. The van der Waals surface area contributed by atoms with Crippen molar-refractivity contribution < 1.29 is 19.0 Å². The quantitative estimate of drug-likeness (QED) is 0.871. The van der Waals surface area contributed by atoms with Crippen molar-refractivity contribution in [1.82, 2.24) is 4.90 Å². The smallest absolute Gasteiger partial charge is 0.322 e. The van der Waals surface area contributed by atoms with Gasteiger partial charge in [-0.1, -0.05) is 17.7 Å². The molecule has 2 amide bonds. The zero-order valence-corrected chi connectivity index (χ0v) is 11.0. The maximum Gasteiger partial charge on any atom is 0.322 e. The molecule has 2 N–H and O–H groups in total. The highest BCUT2D eigenvalue weighted by Crippen LogP contribution is 2.22. The molecule has 1 aromatic rings. The van der Waals surface area contributed by atoms with E-state index >= 15 is 0 Å². The fourth-order valence-corrected chi connectivity index (χ4v) is 2.03. The second-order valence-corrected chi connectivity index (χ2v) is 4.72. The normalized spacial score (nSPS) is 22.3. The number of benzene rings is 1. The Morgan fingerprint density at radius 2 is 2.32 bits per heavy atom. The van der Waals surface area contributed by atoms with Gasteiger partial charge in [-0.25, -0.2) is 9.18 Å². The number of hydrogen-bond donors (Lipinski definition) is 2. The van der Waals surface area contributed by atoms with Gasteiger partial charge in [-0.05, 0) is 12.1 Å². The van der Waals surface area contributed by atoms with Crippen LogP contribution in [0.15, 0.2) is 18.2 Å². The number of nitrogens with one attached hydrogen (secondary N) is 1. The van der Waals surface area contributed by atoms with Gasteiger partial charge in [0.2, 0.25) is 0 Å². The molecule has 5 nitrogen and oxygen atoms in total. The topological polar surface area (TPSA) is 61.8 Å². The average molecular weight is 289 g/mol. The number of rotatable bonds is 2. The molecule has 2 atom stereocenters. The zero-order chi connectivity index (χ0) is 14.0. The molecule has 19 heavy (non-hydrogen) atoms. The van der Waals surface area contributed by atoms with E-state index in [2.05, 4.69) is 5.32 Å². The van der Waals surface area contributed by atoms with Crippen LogP contribution in [0.4, 0.5) is 14.9 Å². The van der Waals surface area contributed by atoms with E-state index in [1.54, 1.807) is 0 Å². The maximum atomic E-state index is 13.6. The monoisotopic (exact) mass is 288 g/mol. The Bertz CT molecular complexity index is 486. The van der Waals surface area contributed by atoms with E-state index in [9.17, 15) is 14.3 Å². The van der Waals surface area contributed by atoms with Gasteiger partial charge in [0, 0.05) is 7.05 Å². The van der Waals surface area contributed by atoms with Gasteiger partial charge >= 0.3 is 6.03 Å². The third-order valence-corrected chi connectivity index (χ3v) is 3.32. The Balaban J connectivity index is 2.06. The lowest BCUT2D eigenvalue weighted by Gasteiger charge is -2.26. The van der Waals surface area contributed by atoms with Gasteiger partial charge in [-0.2, -0.15) is 0 Å². The number of anilines is 1. The van der Waals surface area contributed by atoms with E-state index in [1.807, 2.05) is 0 Å². The number of nitrogens with zero attached hydrogens (tertiary/aromatic N) is 1. The van der Waals surface area contributed by atoms with E-state index in [0.717, 1.165) is 0 Å². The average Bonchev–Trinajstić information content (AvgIpc) is 2.80. The van der Waals surface area contributed by atoms with Crippen LogP contribution in [0, 0.1) is 5.82 Å². The molecule has 0 aliphatic carbocycles. The molecule has 1 saturated heterocycles. The predicted octanol–water partition coefficient (Wildman–Crippen LogP) is 1.70. The molecule has 104 valence electrons. The number of amides is 2. The van der Waals surface area contributed by atoms with Crippen LogP contribution in [0.25, 0.3) is 0 Å². The van der Waals surface area contributed by atoms with Gasteiger partial charge in [-0.15, -0.1) is 0 Å². The van der Waals surface area contributed by atoms with Crippen molar-refractivity contribution in [2.24, 2.45) is 0 Å². The molecule has 1 heterocycles. The summed E-state index contributed by atoms with van der Waals surface area (Å²) < 4.78 is 18.7. The fraction of sp³-hybridized carbons (Fsp3) is 0.417.